The minimum absolute atomic E-state index is 0.109. The number of nitrogens with zero attached hydrogens (tertiary/aromatic N) is 1. The van der Waals surface area contributed by atoms with Crippen LogP contribution in [-0.4, -0.2) is 24.1 Å². The second kappa shape index (κ2) is 6.47. The lowest BCUT2D eigenvalue weighted by atomic mass is 10.2. The van der Waals surface area contributed by atoms with Crippen LogP contribution in [0.3, 0.4) is 0 Å². The maximum absolute atomic E-state index is 11.2. The number of hydrogen-bond acceptors (Lipinski definition) is 5. The fraction of sp³-hybridized carbons (Fsp3) is 0.545. The monoisotopic (exact) mass is 223 g/mol. The van der Waals surface area contributed by atoms with Crippen LogP contribution in [0, 0.1) is 23.7 Å². The second-order valence-electron chi connectivity index (χ2n) is 3.46. The molecule has 0 atom stereocenters. The Kier molecular flexibility index (Phi) is 5.66. The average molecular weight is 223 g/mol. The summed E-state index contributed by atoms with van der Waals surface area (Å²) in [5.41, 5.74) is -1.18. The zero-order chi connectivity index (χ0) is 12.6. The molecule has 0 rings (SSSR count). The van der Waals surface area contributed by atoms with Gasteiger partial charge in [-0.2, -0.15) is 5.26 Å². The summed E-state index contributed by atoms with van der Waals surface area (Å²) < 4.78 is 9.34. The Bertz CT molecular complexity index is 346. The van der Waals surface area contributed by atoms with Crippen LogP contribution in [0.4, 0.5) is 0 Å². The van der Waals surface area contributed by atoms with Gasteiger partial charge in [-0.05, 0) is 13.8 Å². The number of nitriles is 1. The van der Waals surface area contributed by atoms with Crippen LogP contribution in [0.1, 0.15) is 26.7 Å². The van der Waals surface area contributed by atoms with E-state index < -0.39 is 17.5 Å². The van der Waals surface area contributed by atoms with Gasteiger partial charge in [0.15, 0.2) is 12.2 Å². The highest BCUT2D eigenvalue weighted by Crippen LogP contribution is 2.09. The highest BCUT2D eigenvalue weighted by atomic mass is 16.6. The third-order valence-corrected chi connectivity index (χ3v) is 1.49. The maximum atomic E-state index is 11.2. The van der Waals surface area contributed by atoms with Gasteiger partial charge in [-0.1, -0.05) is 5.92 Å². The Balaban J connectivity index is 3.88. The molecule has 5 nitrogen and oxygen atoms in total. The molecule has 0 radical (unpaired) electrons. The molecule has 0 saturated heterocycles. The molecule has 5 heteroatoms. The van der Waals surface area contributed by atoms with E-state index in [9.17, 15) is 9.59 Å². The molecule has 86 valence electrons. The number of carbonyl (C=O) groups is 2. The van der Waals surface area contributed by atoms with Gasteiger partial charge in [-0.25, -0.2) is 0 Å². The first-order valence-electron chi connectivity index (χ1n) is 4.63. The number of carbonyl (C=O) groups excluding carboxylic acids is 2. The fourth-order valence-electron chi connectivity index (χ4n) is 0.757. The molecule has 0 amide bonds. The van der Waals surface area contributed by atoms with Gasteiger partial charge in [0.05, 0.1) is 12.8 Å². The van der Waals surface area contributed by atoms with Crippen molar-refractivity contribution in [3.63, 3.8) is 0 Å². The van der Waals surface area contributed by atoms with Gasteiger partial charge in [0.1, 0.15) is 6.07 Å². The summed E-state index contributed by atoms with van der Waals surface area (Å²) in [7, 11) is 0. The average Bonchev–Trinajstić information content (AvgIpc) is 2.23. The van der Waals surface area contributed by atoms with Crippen molar-refractivity contribution in [3.05, 3.63) is 0 Å². The topological polar surface area (TPSA) is 76.4 Å². The predicted octanol–water partition coefficient (Wildman–Crippen LogP) is 0.788. The Morgan fingerprint density at radius 3 is 2.38 bits per heavy atom. The molecule has 0 aromatic rings. The third kappa shape index (κ3) is 6.44. The highest BCUT2D eigenvalue weighted by molar-refractivity contribution is 5.78. The number of hydrogen-bond donors (Lipinski definition) is 0. The van der Waals surface area contributed by atoms with Crippen LogP contribution >= 0.6 is 0 Å². The summed E-state index contributed by atoms with van der Waals surface area (Å²) in [5, 5.41) is 8.60. The van der Waals surface area contributed by atoms with Gasteiger partial charge in [0, 0.05) is 0 Å². The lowest BCUT2D eigenvalue weighted by molar-refractivity contribution is -0.155. The van der Waals surface area contributed by atoms with Crippen molar-refractivity contribution < 1.29 is 19.1 Å². The normalized spacial score (nSPS) is 9.75. The van der Waals surface area contributed by atoms with Crippen molar-refractivity contribution >= 4 is 11.9 Å². The van der Waals surface area contributed by atoms with E-state index in [4.69, 9.17) is 16.4 Å². The third-order valence-electron chi connectivity index (χ3n) is 1.49. The largest absolute Gasteiger partial charge is 0.452 e. The van der Waals surface area contributed by atoms with Crippen LogP contribution in [0.5, 0.6) is 0 Å². The summed E-state index contributed by atoms with van der Waals surface area (Å²) in [6.45, 7) is 2.81. The van der Waals surface area contributed by atoms with Gasteiger partial charge in [-0.15, -0.1) is 6.42 Å². The van der Waals surface area contributed by atoms with Crippen molar-refractivity contribution in [2.45, 2.75) is 32.3 Å². The van der Waals surface area contributed by atoms with Gasteiger partial charge in [0.2, 0.25) is 0 Å². The SMILES string of the molecule is C#CCOC(=O)CCC(=O)OC(C)(C)C#N. The van der Waals surface area contributed by atoms with Crippen LogP contribution in [-0.2, 0) is 19.1 Å². The molecule has 16 heavy (non-hydrogen) atoms. The first kappa shape index (κ1) is 14.0. The quantitative estimate of drug-likeness (QED) is 0.508. The van der Waals surface area contributed by atoms with Crippen molar-refractivity contribution in [3.8, 4) is 18.4 Å². The van der Waals surface area contributed by atoms with E-state index in [-0.39, 0.29) is 19.4 Å². The molecular weight excluding hydrogens is 210 g/mol. The molecule has 0 bridgehead atoms. The number of rotatable bonds is 5. The molecule has 0 aliphatic rings. The lowest BCUT2D eigenvalue weighted by Gasteiger charge is -2.15. The first-order chi connectivity index (χ1) is 7.41. The minimum atomic E-state index is -1.18. The van der Waals surface area contributed by atoms with E-state index in [0.29, 0.717) is 0 Å². The van der Waals surface area contributed by atoms with Gasteiger partial charge in [-0.3, -0.25) is 9.59 Å². The van der Waals surface area contributed by atoms with E-state index in [1.165, 1.54) is 13.8 Å². The number of ether oxygens (including phenoxy) is 2. The van der Waals surface area contributed by atoms with Gasteiger partial charge in [0.25, 0.3) is 0 Å². The lowest BCUT2D eigenvalue weighted by Crippen LogP contribution is -2.26. The highest BCUT2D eigenvalue weighted by Gasteiger charge is 2.22. The molecule has 0 aliphatic heterocycles. The molecule has 0 heterocycles. The Morgan fingerprint density at radius 2 is 1.88 bits per heavy atom. The summed E-state index contributed by atoms with van der Waals surface area (Å²) in [5.74, 6) is 0.945. The number of esters is 2. The Hall–Kier alpha value is -2.01. The first-order valence-corrected chi connectivity index (χ1v) is 4.63. The van der Waals surface area contributed by atoms with Crippen LogP contribution in [0.25, 0.3) is 0 Å². The van der Waals surface area contributed by atoms with E-state index in [0.717, 1.165) is 0 Å². The molecule has 0 unspecified atom stereocenters. The van der Waals surface area contributed by atoms with Crippen molar-refractivity contribution in [2.75, 3.05) is 6.61 Å². The number of terminal acetylenes is 1. The zero-order valence-corrected chi connectivity index (χ0v) is 9.28. The van der Waals surface area contributed by atoms with Crippen LogP contribution in [0.15, 0.2) is 0 Å². The maximum Gasteiger partial charge on any atom is 0.307 e. The fourth-order valence-corrected chi connectivity index (χ4v) is 0.757. The van der Waals surface area contributed by atoms with Crippen molar-refractivity contribution in [1.82, 2.24) is 0 Å². The summed E-state index contributed by atoms with van der Waals surface area (Å²) >= 11 is 0. The molecule has 0 aromatic heterocycles. The van der Waals surface area contributed by atoms with Gasteiger partial charge >= 0.3 is 11.9 Å². The van der Waals surface area contributed by atoms with Crippen molar-refractivity contribution in [2.24, 2.45) is 0 Å². The van der Waals surface area contributed by atoms with Crippen molar-refractivity contribution in [1.29, 1.82) is 5.26 Å². The second-order valence-corrected chi connectivity index (χ2v) is 3.46. The predicted molar refractivity (Wildman–Crippen MR) is 54.8 cm³/mol. The van der Waals surface area contributed by atoms with E-state index in [1.807, 2.05) is 6.07 Å². The van der Waals surface area contributed by atoms with Crippen LogP contribution < -0.4 is 0 Å². The molecule has 0 fully saturated rings. The molecule has 0 N–H and O–H groups in total. The standard InChI is InChI=1S/C11H13NO4/c1-4-7-15-9(13)5-6-10(14)16-11(2,3)8-12/h1H,5-7H2,2-3H3. The Labute approximate surface area is 94.3 Å². The smallest absolute Gasteiger partial charge is 0.307 e. The van der Waals surface area contributed by atoms with E-state index in [1.54, 1.807) is 0 Å². The van der Waals surface area contributed by atoms with Gasteiger partial charge < -0.3 is 9.47 Å². The molecular formula is C11H13NO4. The summed E-state index contributed by atoms with van der Waals surface area (Å²) in [6, 6.07) is 1.81. The van der Waals surface area contributed by atoms with E-state index >= 15 is 0 Å². The zero-order valence-electron chi connectivity index (χ0n) is 9.28. The Morgan fingerprint density at radius 1 is 1.31 bits per heavy atom. The molecule has 0 spiro atoms. The minimum Gasteiger partial charge on any atom is -0.452 e. The molecule has 0 aliphatic carbocycles. The molecule has 0 saturated carbocycles. The molecule has 0 aromatic carbocycles. The van der Waals surface area contributed by atoms with E-state index in [2.05, 4.69) is 10.7 Å². The summed E-state index contributed by atoms with van der Waals surface area (Å²) in [4.78, 5) is 22.1. The van der Waals surface area contributed by atoms with Crippen LogP contribution in [0.2, 0.25) is 0 Å². The summed E-state index contributed by atoms with van der Waals surface area (Å²) in [6.07, 6.45) is 4.64.